The van der Waals surface area contributed by atoms with E-state index in [-0.39, 0.29) is 0 Å². The van der Waals surface area contributed by atoms with Crippen molar-refractivity contribution in [3.05, 3.63) is 28.2 Å². The van der Waals surface area contributed by atoms with Crippen LogP contribution in [-0.4, -0.2) is 6.54 Å². The molecule has 2 heteroatoms. The smallest absolute Gasteiger partial charge is 0.0523 e. The molecule has 0 fully saturated rings. The van der Waals surface area contributed by atoms with E-state index in [1.165, 1.54) is 41.4 Å². The third kappa shape index (κ3) is 1.88. The molecule has 1 atom stereocenters. The summed E-state index contributed by atoms with van der Waals surface area (Å²) in [6.45, 7) is 5.68. The zero-order chi connectivity index (χ0) is 11.6. The SMILES string of the molecule is CCCCC1(CC)CNc2c(Br)cccc21. The van der Waals surface area contributed by atoms with E-state index in [2.05, 4.69) is 53.3 Å². The molecule has 1 aliphatic heterocycles. The number of para-hydroxylation sites is 1. The van der Waals surface area contributed by atoms with Crippen LogP contribution in [0.15, 0.2) is 22.7 Å². The fraction of sp³-hybridized carbons (Fsp3) is 0.571. The van der Waals surface area contributed by atoms with E-state index in [9.17, 15) is 0 Å². The Labute approximate surface area is 107 Å². The molecule has 0 aromatic heterocycles. The van der Waals surface area contributed by atoms with E-state index >= 15 is 0 Å². The summed E-state index contributed by atoms with van der Waals surface area (Å²) in [4.78, 5) is 0. The van der Waals surface area contributed by atoms with Crippen molar-refractivity contribution in [1.29, 1.82) is 0 Å². The normalized spacial score (nSPS) is 22.9. The summed E-state index contributed by atoms with van der Waals surface area (Å²) in [6.07, 6.45) is 5.13. The fourth-order valence-electron chi connectivity index (χ4n) is 2.73. The van der Waals surface area contributed by atoms with Gasteiger partial charge in [-0.15, -0.1) is 0 Å². The van der Waals surface area contributed by atoms with E-state index < -0.39 is 0 Å². The first kappa shape index (κ1) is 12.0. The van der Waals surface area contributed by atoms with Gasteiger partial charge in [-0.3, -0.25) is 0 Å². The predicted octanol–water partition coefficient (Wildman–Crippen LogP) is 4.71. The summed E-state index contributed by atoms with van der Waals surface area (Å²) in [6, 6.07) is 6.57. The molecule has 1 aromatic rings. The van der Waals surface area contributed by atoms with Crippen molar-refractivity contribution >= 4 is 21.6 Å². The lowest BCUT2D eigenvalue weighted by molar-refractivity contribution is 0.402. The van der Waals surface area contributed by atoms with Gasteiger partial charge in [0.15, 0.2) is 0 Å². The number of anilines is 1. The third-order valence-electron chi connectivity index (χ3n) is 3.87. The maximum Gasteiger partial charge on any atom is 0.0523 e. The fourth-order valence-corrected chi connectivity index (χ4v) is 3.24. The lowest BCUT2D eigenvalue weighted by atomic mass is 9.76. The number of benzene rings is 1. The van der Waals surface area contributed by atoms with Crippen LogP contribution in [0.4, 0.5) is 5.69 Å². The van der Waals surface area contributed by atoms with Gasteiger partial charge in [-0.1, -0.05) is 38.8 Å². The summed E-state index contributed by atoms with van der Waals surface area (Å²) in [7, 11) is 0. The minimum Gasteiger partial charge on any atom is -0.383 e. The maximum absolute atomic E-state index is 3.63. The highest BCUT2D eigenvalue weighted by Crippen LogP contribution is 2.45. The monoisotopic (exact) mass is 281 g/mol. The minimum absolute atomic E-state index is 0.370. The second kappa shape index (κ2) is 4.79. The first-order chi connectivity index (χ1) is 7.73. The number of nitrogens with one attached hydrogen (secondary N) is 1. The Balaban J connectivity index is 2.35. The highest BCUT2D eigenvalue weighted by molar-refractivity contribution is 9.10. The number of hydrogen-bond acceptors (Lipinski definition) is 1. The largest absolute Gasteiger partial charge is 0.383 e. The van der Waals surface area contributed by atoms with Gasteiger partial charge in [0.2, 0.25) is 0 Å². The average molecular weight is 282 g/mol. The number of halogens is 1. The van der Waals surface area contributed by atoms with Crippen molar-refractivity contribution in [2.45, 2.75) is 44.9 Å². The van der Waals surface area contributed by atoms with Gasteiger partial charge in [-0.2, -0.15) is 0 Å². The standard InChI is InChI=1S/C14H20BrN/c1-3-5-9-14(4-2)10-16-13-11(14)7-6-8-12(13)15/h6-8,16H,3-5,9-10H2,1-2H3. The Morgan fingerprint density at radius 3 is 2.88 bits per heavy atom. The number of hydrogen-bond donors (Lipinski definition) is 1. The molecule has 0 aliphatic carbocycles. The molecule has 1 nitrogen and oxygen atoms in total. The molecule has 1 unspecified atom stereocenters. The molecule has 0 radical (unpaired) electrons. The summed E-state index contributed by atoms with van der Waals surface area (Å²) >= 11 is 3.63. The van der Waals surface area contributed by atoms with Gasteiger partial charge in [0.25, 0.3) is 0 Å². The van der Waals surface area contributed by atoms with Crippen LogP contribution in [0.2, 0.25) is 0 Å². The summed E-state index contributed by atoms with van der Waals surface area (Å²) in [5.74, 6) is 0. The van der Waals surface area contributed by atoms with Crippen molar-refractivity contribution in [3.63, 3.8) is 0 Å². The van der Waals surface area contributed by atoms with Crippen molar-refractivity contribution < 1.29 is 0 Å². The Hall–Kier alpha value is -0.500. The number of unbranched alkanes of at least 4 members (excludes halogenated alkanes) is 1. The Kier molecular flexibility index (Phi) is 3.58. The second-order valence-corrected chi connectivity index (χ2v) is 5.61. The van der Waals surface area contributed by atoms with Gasteiger partial charge in [0.05, 0.1) is 5.69 Å². The molecule has 0 amide bonds. The molecule has 0 saturated heterocycles. The molecule has 1 N–H and O–H groups in total. The van der Waals surface area contributed by atoms with Gasteiger partial charge in [-0.25, -0.2) is 0 Å². The highest BCUT2D eigenvalue weighted by Gasteiger charge is 2.37. The van der Waals surface area contributed by atoms with Crippen LogP contribution in [0.3, 0.4) is 0 Å². The quantitative estimate of drug-likeness (QED) is 0.843. The molecule has 1 aromatic carbocycles. The molecule has 0 spiro atoms. The van der Waals surface area contributed by atoms with E-state index in [1.54, 1.807) is 0 Å². The maximum atomic E-state index is 3.63. The molecule has 88 valence electrons. The van der Waals surface area contributed by atoms with Gasteiger partial charge in [0.1, 0.15) is 0 Å². The first-order valence-corrected chi connectivity index (χ1v) is 7.05. The highest BCUT2D eigenvalue weighted by atomic mass is 79.9. The van der Waals surface area contributed by atoms with Crippen LogP contribution in [0, 0.1) is 0 Å². The van der Waals surface area contributed by atoms with E-state index in [0.717, 1.165) is 6.54 Å². The molecule has 16 heavy (non-hydrogen) atoms. The average Bonchev–Trinajstić information content (AvgIpc) is 2.68. The van der Waals surface area contributed by atoms with Crippen LogP contribution in [-0.2, 0) is 5.41 Å². The van der Waals surface area contributed by atoms with Crippen LogP contribution in [0.1, 0.15) is 45.1 Å². The van der Waals surface area contributed by atoms with Gasteiger partial charge in [0, 0.05) is 16.4 Å². The predicted molar refractivity (Wildman–Crippen MR) is 74.1 cm³/mol. The second-order valence-electron chi connectivity index (χ2n) is 4.75. The van der Waals surface area contributed by atoms with Crippen LogP contribution < -0.4 is 5.32 Å². The van der Waals surface area contributed by atoms with Crippen molar-refractivity contribution in [3.8, 4) is 0 Å². The van der Waals surface area contributed by atoms with Crippen LogP contribution >= 0.6 is 15.9 Å². The summed E-state index contributed by atoms with van der Waals surface area (Å²) < 4.78 is 1.21. The lowest BCUT2D eigenvalue weighted by Gasteiger charge is -2.28. The molecule has 1 heterocycles. The Morgan fingerprint density at radius 2 is 2.19 bits per heavy atom. The molecular weight excluding hydrogens is 262 g/mol. The van der Waals surface area contributed by atoms with E-state index in [1.807, 2.05) is 0 Å². The molecule has 0 saturated carbocycles. The van der Waals surface area contributed by atoms with E-state index in [4.69, 9.17) is 0 Å². The van der Waals surface area contributed by atoms with Gasteiger partial charge >= 0.3 is 0 Å². The third-order valence-corrected chi connectivity index (χ3v) is 4.54. The zero-order valence-corrected chi connectivity index (χ0v) is 11.7. The summed E-state index contributed by atoms with van der Waals surface area (Å²) in [5.41, 5.74) is 3.20. The van der Waals surface area contributed by atoms with Gasteiger partial charge < -0.3 is 5.32 Å². The van der Waals surface area contributed by atoms with Crippen LogP contribution in [0.25, 0.3) is 0 Å². The van der Waals surface area contributed by atoms with E-state index in [0.29, 0.717) is 5.41 Å². The lowest BCUT2D eigenvalue weighted by Crippen LogP contribution is -2.27. The molecule has 2 rings (SSSR count). The van der Waals surface area contributed by atoms with Crippen LogP contribution in [0.5, 0.6) is 0 Å². The minimum atomic E-state index is 0.370. The number of rotatable bonds is 4. The Morgan fingerprint density at radius 1 is 1.38 bits per heavy atom. The molecular formula is C14H20BrN. The Bertz CT molecular complexity index is 375. The topological polar surface area (TPSA) is 12.0 Å². The zero-order valence-electron chi connectivity index (χ0n) is 10.1. The molecule has 0 bridgehead atoms. The van der Waals surface area contributed by atoms with Crippen molar-refractivity contribution in [2.75, 3.05) is 11.9 Å². The number of fused-ring (bicyclic) bond motifs is 1. The van der Waals surface area contributed by atoms with Crippen molar-refractivity contribution in [2.24, 2.45) is 0 Å². The first-order valence-electron chi connectivity index (χ1n) is 6.26. The van der Waals surface area contributed by atoms with Gasteiger partial charge in [-0.05, 0) is 40.4 Å². The molecule has 1 aliphatic rings. The summed E-state index contributed by atoms with van der Waals surface area (Å²) in [5, 5.41) is 3.57. The van der Waals surface area contributed by atoms with Crippen molar-refractivity contribution in [1.82, 2.24) is 0 Å².